The smallest absolute Gasteiger partial charge is 0.264 e. The molecular formula is C22H21Cl2NO4S. The largest absolute Gasteiger partial charge is 0.497 e. The summed E-state index contributed by atoms with van der Waals surface area (Å²) in [7, 11) is -2.36. The zero-order valence-electron chi connectivity index (χ0n) is 16.5. The van der Waals surface area contributed by atoms with E-state index in [2.05, 4.69) is 0 Å². The van der Waals surface area contributed by atoms with Crippen molar-refractivity contribution in [3.05, 3.63) is 82.3 Å². The van der Waals surface area contributed by atoms with Crippen LogP contribution in [0.3, 0.4) is 0 Å². The van der Waals surface area contributed by atoms with Crippen LogP contribution in [0.2, 0.25) is 10.0 Å². The average Bonchev–Trinajstić information content (AvgIpc) is 2.74. The summed E-state index contributed by atoms with van der Waals surface area (Å²) in [6.45, 7) is 2.45. The Labute approximate surface area is 186 Å². The molecule has 0 aliphatic carbocycles. The van der Waals surface area contributed by atoms with E-state index in [0.29, 0.717) is 39.4 Å². The minimum absolute atomic E-state index is 0.0400. The number of methoxy groups -OCH3 is 1. The van der Waals surface area contributed by atoms with Gasteiger partial charge in [0.25, 0.3) is 10.0 Å². The van der Waals surface area contributed by atoms with Gasteiger partial charge in [0.05, 0.1) is 30.8 Å². The summed E-state index contributed by atoms with van der Waals surface area (Å²) in [4.78, 5) is 0.141. The van der Waals surface area contributed by atoms with Gasteiger partial charge < -0.3 is 9.47 Å². The van der Waals surface area contributed by atoms with E-state index in [4.69, 9.17) is 32.7 Å². The number of nitrogens with zero attached hydrogens (tertiary/aromatic N) is 1. The molecule has 0 unspecified atom stereocenters. The van der Waals surface area contributed by atoms with Crippen molar-refractivity contribution >= 4 is 38.9 Å². The van der Waals surface area contributed by atoms with Crippen molar-refractivity contribution < 1.29 is 17.9 Å². The van der Waals surface area contributed by atoms with E-state index < -0.39 is 10.0 Å². The maximum Gasteiger partial charge on any atom is 0.264 e. The number of ether oxygens (including phenoxy) is 2. The molecule has 0 amide bonds. The predicted octanol–water partition coefficient (Wildman–Crippen LogP) is 5.80. The molecule has 30 heavy (non-hydrogen) atoms. The quantitative estimate of drug-likeness (QED) is 0.421. The molecule has 0 heterocycles. The number of rotatable bonds is 8. The molecule has 0 aromatic heterocycles. The van der Waals surface area contributed by atoms with E-state index in [0.717, 1.165) is 0 Å². The van der Waals surface area contributed by atoms with Crippen molar-refractivity contribution in [1.29, 1.82) is 0 Å². The van der Waals surface area contributed by atoms with E-state index in [-0.39, 0.29) is 11.4 Å². The lowest BCUT2D eigenvalue weighted by Gasteiger charge is -2.25. The molecule has 0 spiro atoms. The van der Waals surface area contributed by atoms with E-state index in [1.165, 1.54) is 23.5 Å². The minimum Gasteiger partial charge on any atom is -0.497 e. The molecule has 0 N–H and O–H groups in total. The second kappa shape index (κ2) is 9.60. The summed E-state index contributed by atoms with van der Waals surface area (Å²) < 4.78 is 38.9. The molecule has 0 atom stereocenters. The molecule has 5 nitrogen and oxygen atoms in total. The number of sulfonamides is 1. The first-order valence-electron chi connectivity index (χ1n) is 9.18. The molecule has 0 saturated carbocycles. The van der Waals surface area contributed by atoms with Crippen LogP contribution < -0.4 is 13.8 Å². The van der Waals surface area contributed by atoms with Crippen LogP contribution in [0.1, 0.15) is 12.5 Å². The number of halogens is 2. The lowest BCUT2D eigenvalue weighted by Crippen LogP contribution is -2.30. The zero-order chi connectivity index (χ0) is 21.7. The van der Waals surface area contributed by atoms with Crippen molar-refractivity contribution in [3.8, 4) is 11.5 Å². The van der Waals surface area contributed by atoms with Gasteiger partial charge in [0.1, 0.15) is 11.5 Å². The Hall–Kier alpha value is -2.41. The van der Waals surface area contributed by atoms with Crippen molar-refractivity contribution in [1.82, 2.24) is 0 Å². The molecule has 158 valence electrons. The summed E-state index contributed by atoms with van der Waals surface area (Å²) in [5, 5.41) is 0.873. The van der Waals surface area contributed by atoms with Crippen LogP contribution in [0, 0.1) is 0 Å². The van der Waals surface area contributed by atoms with Gasteiger partial charge in [-0.15, -0.1) is 0 Å². The topological polar surface area (TPSA) is 55.8 Å². The summed E-state index contributed by atoms with van der Waals surface area (Å²) in [5.74, 6) is 1.23. The Morgan fingerprint density at radius 1 is 0.900 bits per heavy atom. The first kappa shape index (κ1) is 22.3. The SMILES string of the molecule is CCOc1ccc(N(Cc2ccc(Cl)cc2Cl)S(=O)(=O)c2ccc(OC)cc2)cc1. The number of hydrogen-bond acceptors (Lipinski definition) is 4. The monoisotopic (exact) mass is 465 g/mol. The van der Waals surface area contributed by atoms with Gasteiger partial charge >= 0.3 is 0 Å². The van der Waals surface area contributed by atoms with Crippen molar-refractivity contribution in [2.24, 2.45) is 0 Å². The fraction of sp³-hybridized carbons (Fsp3) is 0.182. The van der Waals surface area contributed by atoms with Gasteiger partial charge in [-0.2, -0.15) is 0 Å². The zero-order valence-corrected chi connectivity index (χ0v) is 18.8. The molecule has 3 aromatic carbocycles. The molecule has 0 radical (unpaired) electrons. The first-order chi connectivity index (χ1) is 14.3. The van der Waals surface area contributed by atoms with Crippen LogP contribution in [0.15, 0.2) is 71.6 Å². The molecule has 0 aliphatic heterocycles. The summed E-state index contributed by atoms with van der Waals surface area (Å²) >= 11 is 12.3. The highest BCUT2D eigenvalue weighted by Gasteiger charge is 2.26. The van der Waals surface area contributed by atoms with Gasteiger partial charge in [0, 0.05) is 10.0 Å². The Morgan fingerprint density at radius 3 is 2.10 bits per heavy atom. The molecule has 3 aromatic rings. The van der Waals surface area contributed by atoms with Crippen LogP contribution >= 0.6 is 23.2 Å². The van der Waals surface area contributed by atoms with Gasteiger partial charge in [-0.25, -0.2) is 8.42 Å². The highest BCUT2D eigenvalue weighted by Crippen LogP contribution is 2.31. The van der Waals surface area contributed by atoms with E-state index in [9.17, 15) is 8.42 Å². The van der Waals surface area contributed by atoms with Crippen LogP contribution in [0.5, 0.6) is 11.5 Å². The second-order valence-electron chi connectivity index (χ2n) is 6.35. The molecule has 0 fully saturated rings. The Morgan fingerprint density at radius 2 is 1.53 bits per heavy atom. The number of anilines is 1. The fourth-order valence-electron chi connectivity index (χ4n) is 2.87. The van der Waals surface area contributed by atoms with Gasteiger partial charge in [-0.1, -0.05) is 29.3 Å². The van der Waals surface area contributed by atoms with Gasteiger partial charge in [0.15, 0.2) is 0 Å². The maximum absolute atomic E-state index is 13.5. The Bertz CT molecular complexity index is 1100. The molecule has 0 aliphatic rings. The third kappa shape index (κ3) is 5.01. The molecule has 0 saturated heterocycles. The number of hydrogen-bond donors (Lipinski definition) is 0. The summed E-state index contributed by atoms with van der Waals surface area (Å²) in [6, 6.07) is 18.1. The van der Waals surface area contributed by atoms with Crippen LogP contribution in [0.4, 0.5) is 5.69 Å². The Balaban J connectivity index is 2.05. The van der Waals surface area contributed by atoms with E-state index in [1.807, 2.05) is 6.92 Å². The highest BCUT2D eigenvalue weighted by molar-refractivity contribution is 7.92. The summed E-state index contributed by atoms with van der Waals surface area (Å²) in [5.41, 5.74) is 1.12. The average molecular weight is 466 g/mol. The molecule has 8 heteroatoms. The second-order valence-corrected chi connectivity index (χ2v) is 9.06. The minimum atomic E-state index is -3.88. The third-order valence-corrected chi connectivity index (χ3v) is 6.79. The number of benzene rings is 3. The van der Waals surface area contributed by atoms with Crippen molar-refractivity contribution in [3.63, 3.8) is 0 Å². The normalized spacial score (nSPS) is 11.2. The standard InChI is InChI=1S/C22H21Cl2NO4S/c1-3-29-20-8-6-18(7-9-20)25(15-16-4-5-17(23)14-22(16)24)30(26,27)21-12-10-19(28-2)11-13-21/h4-14H,3,15H2,1-2H3. The highest BCUT2D eigenvalue weighted by atomic mass is 35.5. The lowest BCUT2D eigenvalue weighted by atomic mass is 10.2. The molecule has 3 rings (SSSR count). The first-order valence-corrected chi connectivity index (χ1v) is 11.4. The van der Waals surface area contributed by atoms with Crippen molar-refractivity contribution in [2.45, 2.75) is 18.4 Å². The Kier molecular flexibility index (Phi) is 7.13. The third-order valence-electron chi connectivity index (χ3n) is 4.41. The predicted molar refractivity (Wildman–Crippen MR) is 120 cm³/mol. The maximum atomic E-state index is 13.5. The van der Waals surface area contributed by atoms with E-state index >= 15 is 0 Å². The van der Waals surface area contributed by atoms with Crippen LogP contribution in [-0.2, 0) is 16.6 Å². The van der Waals surface area contributed by atoms with E-state index in [1.54, 1.807) is 54.6 Å². The molecular weight excluding hydrogens is 445 g/mol. The summed E-state index contributed by atoms with van der Waals surface area (Å²) in [6.07, 6.45) is 0. The van der Waals surface area contributed by atoms with Gasteiger partial charge in [-0.3, -0.25) is 4.31 Å². The van der Waals surface area contributed by atoms with Crippen LogP contribution in [0.25, 0.3) is 0 Å². The van der Waals surface area contributed by atoms with Gasteiger partial charge in [0.2, 0.25) is 0 Å². The van der Waals surface area contributed by atoms with Crippen molar-refractivity contribution in [2.75, 3.05) is 18.0 Å². The van der Waals surface area contributed by atoms with Gasteiger partial charge in [-0.05, 0) is 73.2 Å². The molecule has 0 bridgehead atoms. The van der Waals surface area contributed by atoms with Crippen LogP contribution in [-0.4, -0.2) is 22.1 Å². The lowest BCUT2D eigenvalue weighted by molar-refractivity contribution is 0.340. The fourth-order valence-corrected chi connectivity index (χ4v) is 4.78.